The molecule has 4 N–H and O–H groups in total. The topological polar surface area (TPSA) is 90.0 Å². The summed E-state index contributed by atoms with van der Waals surface area (Å²) in [4.78, 5) is 12.2. The third-order valence-corrected chi connectivity index (χ3v) is 4.11. The Bertz CT molecular complexity index is 738. The molecular formula is C15H17Cl2FN4O2. The minimum Gasteiger partial charge on any atom is -0.387 e. The maximum atomic E-state index is 13.4. The van der Waals surface area contributed by atoms with Gasteiger partial charge >= 0.3 is 0 Å². The van der Waals surface area contributed by atoms with Gasteiger partial charge in [-0.1, -0.05) is 17.7 Å². The van der Waals surface area contributed by atoms with Crippen molar-refractivity contribution in [3.63, 3.8) is 0 Å². The molecule has 2 aromatic rings. The molecule has 0 saturated heterocycles. The number of rotatable bonds is 4. The van der Waals surface area contributed by atoms with Crippen LogP contribution in [0, 0.1) is 5.82 Å². The lowest BCUT2D eigenvalue weighted by atomic mass is 10.1. The number of hydrogen-bond acceptors (Lipinski definition) is 4. The van der Waals surface area contributed by atoms with Crippen molar-refractivity contribution in [1.29, 1.82) is 0 Å². The van der Waals surface area contributed by atoms with Crippen molar-refractivity contribution < 1.29 is 14.3 Å². The molecule has 0 radical (unpaired) electrons. The predicted molar refractivity (Wildman–Crippen MR) is 89.9 cm³/mol. The lowest BCUT2D eigenvalue weighted by molar-refractivity contribution is 0.0910. The maximum absolute atomic E-state index is 13.4. The van der Waals surface area contributed by atoms with Crippen LogP contribution in [0.2, 0.25) is 5.02 Å². The number of H-pyrrole nitrogens is 1. The first-order chi connectivity index (χ1) is 11.1. The molecule has 9 heteroatoms. The molecule has 1 aliphatic rings. The van der Waals surface area contributed by atoms with E-state index in [9.17, 15) is 14.3 Å². The third kappa shape index (κ3) is 3.87. The van der Waals surface area contributed by atoms with Crippen LogP contribution in [0.3, 0.4) is 0 Å². The maximum Gasteiger partial charge on any atom is 0.272 e. The third-order valence-electron chi connectivity index (χ3n) is 3.81. The zero-order valence-corrected chi connectivity index (χ0v) is 14.2. The highest BCUT2D eigenvalue weighted by Crippen LogP contribution is 2.20. The number of carbonyl (C=O) groups excluding carboxylic acids is 1. The monoisotopic (exact) mass is 374 g/mol. The zero-order chi connectivity index (χ0) is 16.4. The minimum absolute atomic E-state index is 0. The second-order valence-corrected chi connectivity index (χ2v) is 5.76. The molecule has 1 aliphatic heterocycles. The van der Waals surface area contributed by atoms with Gasteiger partial charge in [-0.25, -0.2) is 4.39 Å². The molecule has 0 bridgehead atoms. The first kappa shape index (κ1) is 18.7. The summed E-state index contributed by atoms with van der Waals surface area (Å²) in [6.07, 6.45) is -0.235. The summed E-state index contributed by atoms with van der Waals surface area (Å²) >= 11 is 5.60. The Kier molecular flexibility index (Phi) is 6.17. The number of amides is 1. The van der Waals surface area contributed by atoms with Crippen LogP contribution in [-0.4, -0.2) is 34.3 Å². The van der Waals surface area contributed by atoms with Crippen LogP contribution in [0.5, 0.6) is 0 Å². The molecule has 24 heavy (non-hydrogen) atoms. The largest absolute Gasteiger partial charge is 0.387 e. The van der Waals surface area contributed by atoms with E-state index in [4.69, 9.17) is 11.6 Å². The molecule has 1 aromatic heterocycles. The molecule has 1 atom stereocenters. The van der Waals surface area contributed by atoms with E-state index in [1.54, 1.807) is 0 Å². The van der Waals surface area contributed by atoms with Gasteiger partial charge in [0, 0.05) is 37.3 Å². The molecule has 0 aliphatic carbocycles. The smallest absolute Gasteiger partial charge is 0.272 e. The van der Waals surface area contributed by atoms with Gasteiger partial charge in [-0.15, -0.1) is 12.4 Å². The minimum atomic E-state index is -1.03. The summed E-state index contributed by atoms with van der Waals surface area (Å²) < 4.78 is 13.4. The number of halogens is 3. The van der Waals surface area contributed by atoms with E-state index in [0.29, 0.717) is 17.8 Å². The standard InChI is InChI=1S/C15H16ClFN4O2.ClH/c16-10-2-1-8(5-11(10)17)13(22)7-19-15(23)14-9-6-18-4-3-12(9)20-21-14;/h1-2,5,13,18,22H,3-4,6-7H2,(H,19,23)(H,20,21);1H. The Balaban J connectivity index is 0.00000208. The van der Waals surface area contributed by atoms with Crippen LogP contribution < -0.4 is 10.6 Å². The fraction of sp³-hybridized carbons (Fsp3) is 0.333. The lowest BCUT2D eigenvalue weighted by Crippen LogP contribution is -2.31. The number of benzene rings is 1. The second kappa shape index (κ2) is 7.94. The molecule has 1 aromatic carbocycles. The van der Waals surface area contributed by atoms with Gasteiger partial charge in [0.05, 0.1) is 11.1 Å². The number of hydrogen-bond donors (Lipinski definition) is 4. The van der Waals surface area contributed by atoms with Crippen LogP contribution in [0.15, 0.2) is 18.2 Å². The van der Waals surface area contributed by atoms with Crippen molar-refractivity contribution in [1.82, 2.24) is 20.8 Å². The Morgan fingerprint density at radius 2 is 2.29 bits per heavy atom. The van der Waals surface area contributed by atoms with Crippen molar-refractivity contribution in [2.24, 2.45) is 0 Å². The van der Waals surface area contributed by atoms with Crippen LogP contribution in [0.4, 0.5) is 4.39 Å². The van der Waals surface area contributed by atoms with Gasteiger partial charge in [-0.2, -0.15) is 5.10 Å². The Morgan fingerprint density at radius 3 is 3.04 bits per heavy atom. The van der Waals surface area contributed by atoms with Crippen LogP contribution >= 0.6 is 24.0 Å². The summed E-state index contributed by atoms with van der Waals surface area (Å²) in [6, 6.07) is 4.04. The Hall–Kier alpha value is -1.67. The Labute approximate surface area is 149 Å². The van der Waals surface area contributed by atoms with E-state index in [-0.39, 0.29) is 29.9 Å². The number of aliphatic hydroxyl groups excluding tert-OH is 1. The zero-order valence-electron chi connectivity index (χ0n) is 12.6. The molecule has 1 unspecified atom stereocenters. The van der Waals surface area contributed by atoms with E-state index in [0.717, 1.165) is 30.3 Å². The van der Waals surface area contributed by atoms with E-state index in [2.05, 4.69) is 20.8 Å². The van der Waals surface area contributed by atoms with Gasteiger partial charge in [0.2, 0.25) is 0 Å². The fourth-order valence-electron chi connectivity index (χ4n) is 2.52. The van der Waals surface area contributed by atoms with E-state index in [1.165, 1.54) is 12.1 Å². The summed E-state index contributed by atoms with van der Waals surface area (Å²) in [5, 5.41) is 22.7. The first-order valence-electron chi connectivity index (χ1n) is 7.24. The molecule has 6 nitrogen and oxygen atoms in total. The number of aliphatic hydroxyl groups is 1. The second-order valence-electron chi connectivity index (χ2n) is 5.36. The molecular weight excluding hydrogens is 358 g/mol. The number of aromatic nitrogens is 2. The highest BCUT2D eigenvalue weighted by atomic mass is 35.5. The predicted octanol–water partition coefficient (Wildman–Crippen LogP) is 1.73. The molecule has 0 spiro atoms. The van der Waals surface area contributed by atoms with Gasteiger partial charge in [0.1, 0.15) is 5.82 Å². The van der Waals surface area contributed by atoms with Crippen molar-refractivity contribution >= 4 is 29.9 Å². The number of fused-ring (bicyclic) bond motifs is 1. The lowest BCUT2D eigenvalue weighted by Gasteiger charge is -2.14. The normalized spacial score (nSPS) is 14.5. The van der Waals surface area contributed by atoms with Gasteiger partial charge in [0.15, 0.2) is 5.69 Å². The SMILES string of the molecule is Cl.O=C(NCC(O)c1ccc(Cl)c(F)c1)c1n[nH]c2c1CNCC2. The molecule has 3 rings (SSSR count). The van der Waals surface area contributed by atoms with Crippen LogP contribution in [0.1, 0.15) is 33.4 Å². The van der Waals surface area contributed by atoms with Crippen molar-refractivity contribution in [2.75, 3.05) is 13.1 Å². The van der Waals surface area contributed by atoms with Crippen molar-refractivity contribution in [3.8, 4) is 0 Å². The number of nitrogens with one attached hydrogen (secondary N) is 3. The van der Waals surface area contributed by atoms with Crippen molar-refractivity contribution in [2.45, 2.75) is 19.1 Å². The highest BCUT2D eigenvalue weighted by Gasteiger charge is 2.22. The number of carbonyl (C=O) groups is 1. The number of nitrogens with zero attached hydrogens (tertiary/aromatic N) is 1. The summed E-state index contributed by atoms with van der Waals surface area (Å²) in [6.45, 7) is 1.38. The Morgan fingerprint density at radius 1 is 1.50 bits per heavy atom. The first-order valence-corrected chi connectivity index (χ1v) is 7.62. The van der Waals surface area contributed by atoms with Gasteiger partial charge in [-0.3, -0.25) is 9.89 Å². The van der Waals surface area contributed by atoms with E-state index in [1.807, 2.05) is 0 Å². The fourth-order valence-corrected chi connectivity index (χ4v) is 2.64. The summed E-state index contributed by atoms with van der Waals surface area (Å²) in [5.41, 5.74) is 2.47. The average molecular weight is 375 g/mol. The van der Waals surface area contributed by atoms with Crippen molar-refractivity contribution in [3.05, 3.63) is 51.6 Å². The quantitative estimate of drug-likeness (QED) is 0.655. The molecule has 0 saturated carbocycles. The molecule has 130 valence electrons. The average Bonchev–Trinajstić information content (AvgIpc) is 2.99. The summed E-state index contributed by atoms with van der Waals surface area (Å²) in [5.74, 6) is -0.985. The summed E-state index contributed by atoms with van der Waals surface area (Å²) in [7, 11) is 0. The molecule has 1 amide bonds. The molecule has 0 fully saturated rings. The number of aromatic amines is 1. The van der Waals surface area contributed by atoms with Crippen LogP contribution in [-0.2, 0) is 13.0 Å². The van der Waals surface area contributed by atoms with E-state index < -0.39 is 11.9 Å². The van der Waals surface area contributed by atoms with E-state index >= 15 is 0 Å². The molecule has 2 heterocycles. The van der Waals surface area contributed by atoms with Gasteiger partial charge in [-0.05, 0) is 17.7 Å². The van der Waals surface area contributed by atoms with Crippen LogP contribution in [0.25, 0.3) is 0 Å². The van der Waals surface area contributed by atoms with Gasteiger partial charge < -0.3 is 15.7 Å². The van der Waals surface area contributed by atoms with Gasteiger partial charge in [0.25, 0.3) is 5.91 Å². The highest BCUT2D eigenvalue weighted by molar-refractivity contribution is 6.30.